The minimum absolute atomic E-state index is 0.343. The fraction of sp³-hybridized carbons (Fsp3) is 0.348. The van der Waals surface area contributed by atoms with Crippen LogP contribution in [0, 0.1) is 0 Å². The van der Waals surface area contributed by atoms with Gasteiger partial charge in [0.05, 0.1) is 29.3 Å². The summed E-state index contributed by atoms with van der Waals surface area (Å²) >= 11 is 0. The highest BCUT2D eigenvalue weighted by Crippen LogP contribution is 2.33. The van der Waals surface area contributed by atoms with E-state index in [9.17, 15) is 0 Å². The molecule has 6 heteroatoms. The van der Waals surface area contributed by atoms with Crippen LogP contribution >= 0.6 is 0 Å². The lowest BCUT2D eigenvalue weighted by molar-refractivity contribution is 0.160. The van der Waals surface area contributed by atoms with Crippen LogP contribution in [0.15, 0.2) is 54.9 Å². The molecule has 1 atom stereocenters. The molecule has 6 nitrogen and oxygen atoms in total. The standard InChI is InChI=1S/C23H26N6/c1-2-10-20-19(9-1)26-22(27-20)16-29(15-5-8-18-12-14-25-28-18)21-11-3-6-17-7-4-13-24-23(17)21/h1-2,4,7,9-10,12-14,21H,3,5-6,8,11,15-16H2,(H,25,28)(H,26,27). The molecule has 3 heterocycles. The van der Waals surface area contributed by atoms with E-state index in [1.165, 1.54) is 23.4 Å². The van der Waals surface area contributed by atoms with E-state index >= 15 is 0 Å². The number of aromatic amines is 2. The number of aryl methyl sites for hydroxylation is 2. The third-order valence-corrected chi connectivity index (χ3v) is 5.85. The molecule has 148 valence electrons. The van der Waals surface area contributed by atoms with E-state index in [0.29, 0.717) is 6.04 Å². The number of pyridine rings is 1. The minimum Gasteiger partial charge on any atom is -0.341 e. The number of aromatic nitrogens is 5. The Hall–Kier alpha value is -2.99. The van der Waals surface area contributed by atoms with Crippen LogP contribution < -0.4 is 0 Å². The molecule has 0 aliphatic heterocycles. The highest BCUT2D eigenvalue weighted by molar-refractivity contribution is 5.74. The third kappa shape index (κ3) is 3.93. The molecule has 0 radical (unpaired) electrons. The second kappa shape index (κ2) is 8.17. The van der Waals surface area contributed by atoms with Gasteiger partial charge in [-0.2, -0.15) is 5.10 Å². The van der Waals surface area contributed by atoms with E-state index in [2.05, 4.69) is 50.4 Å². The Bertz CT molecular complexity index is 1030. The molecule has 0 bridgehead atoms. The molecular weight excluding hydrogens is 360 g/mol. The molecule has 1 aliphatic rings. The fourth-order valence-corrected chi connectivity index (χ4v) is 4.45. The summed E-state index contributed by atoms with van der Waals surface area (Å²) in [4.78, 5) is 15.7. The average Bonchev–Trinajstić information content (AvgIpc) is 3.42. The number of rotatable bonds is 7. The largest absolute Gasteiger partial charge is 0.341 e. The Morgan fingerprint density at radius 1 is 1.07 bits per heavy atom. The van der Waals surface area contributed by atoms with Crippen LogP contribution in [0.2, 0.25) is 0 Å². The fourth-order valence-electron chi connectivity index (χ4n) is 4.45. The van der Waals surface area contributed by atoms with Gasteiger partial charge in [0.1, 0.15) is 5.82 Å². The summed E-state index contributed by atoms with van der Waals surface area (Å²) in [5.74, 6) is 1.02. The molecule has 4 aromatic rings. The molecule has 1 aromatic carbocycles. The van der Waals surface area contributed by atoms with Crippen molar-refractivity contribution in [3.05, 3.63) is 77.6 Å². The highest BCUT2D eigenvalue weighted by Gasteiger charge is 2.27. The molecule has 0 fully saturated rings. The summed E-state index contributed by atoms with van der Waals surface area (Å²) in [5.41, 5.74) is 5.96. The predicted molar refractivity (Wildman–Crippen MR) is 113 cm³/mol. The SMILES string of the molecule is c1cnc2c(c1)CCCC2N(CCCc1ccn[nH]1)Cc1nc2ccccc2[nH]1. The van der Waals surface area contributed by atoms with Crippen LogP contribution in [0.25, 0.3) is 11.0 Å². The molecule has 0 spiro atoms. The second-order valence-corrected chi connectivity index (χ2v) is 7.81. The van der Waals surface area contributed by atoms with Gasteiger partial charge in [0.15, 0.2) is 0 Å². The maximum absolute atomic E-state index is 4.83. The molecule has 1 aliphatic carbocycles. The zero-order valence-electron chi connectivity index (χ0n) is 16.5. The van der Waals surface area contributed by atoms with Gasteiger partial charge in [0.2, 0.25) is 0 Å². The van der Waals surface area contributed by atoms with Crippen molar-refractivity contribution in [1.29, 1.82) is 0 Å². The Labute approximate surface area is 170 Å². The van der Waals surface area contributed by atoms with Gasteiger partial charge in [-0.25, -0.2) is 4.98 Å². The van der Waals surface area contributed by atoms with E-state index in [-0.39, 0.29) is 0 Å². The maximum atomic E-state index is 4.83. The molecule has 0 amide bonds. The third-order valence-electron chi connectivity index (χ3n) is 5.85. The molecule has 29 heavy (non-hydrogen) atoms. The monoisotopic (exact) mass is 386 g/mol. The van der Waals surface area contributed by atoms with E-state index in [4.69, 9.17) is 9.97 Å². The van der Waals surface area contributed by atoms with E-state index in [1.807, 2.05) is 24.5 Å². The number of imidazole rings is 1. The minimum atomic E-state index is 0.343. The lowest BCUT2D eigenvalue weighted by Crippen LogP contribution is -2.33. The topological polar surface area (TPSA) is 73.5 Å². The molecular formula is C23H26N6. The Balaban J connectivity index is 1.39. The van der Waals surface area contributed by atoms with Crippen molar-refractivity contribution in [2.24, 2.45) is 0 Å². The number of nitrogens with one attached hydrogen (secondary N) is 2. The smallest absolute Gasteiger partial charge is 0.121 e. The molecule has 1 unspecified atom stereocenters. The number of H-pyrrole nitrogens is 2. The first-order valence-electron chi connectivity index (χ1n) is 10.5. The second-order valence-electron chi connectivity index (χ2n) is 7.81. The van der Waals surface area contributed by atoms with Crippen LogP contribution in [-0.2, 0) is 19.4 Å². The predicted octanol–water partition coefficient (Wildman–Crippen LogP) is 4.19. The van der Waals surface area contributed by atoms with Gasteiger partial charge in [0, 0.05) is 18.1 Å². The molecule has 3 aromatic heterocycles. The van der Waals surface area contributed by atoms with Crippen molar-refractivity contribution in [2.75, 3.05) is 6.54 Å². The van der Waals surface area contributed by atoms with Crippen molar-refractivity contribution in [2.45, 2.75) is 44.7 Å². The zero-order chi connectivity index (χ0) is 19.5. The number of para-hydroxylation sites is 2. The Morgan fingerprint density at radius 3 is 2.93 bits per heavy atom. The van der Waals surface area contributed by atoms with Crippen molar-refractivity contribution in [1.82, 2.24) is 30.0 Å². The van der Waals surface area contributed by atoms with Crippen molar-refractivity contribution >= 4 is 11.0 Å². The quantitative estimate of drug-likeness (QED) is 0.499. The zero-order valence-corrected chi connectivity index (χ0v) is 16.5. The number of benzene rings is 1. The number of hydrogen-bond acceptors (Lipinski definition) is 4. The Morgan fingerprint density at radius 2 is 2.03 bits per heavy atom. The van der Waals surface area contributed by atoms with Crippen LogP contribution in [-0.4, -0.2) is 36.6 Å². The molecule has 0 saturated heterocycles. The lowest BCUT2D eigenvalue weighted by atomic mass is 9.90. The van der Waals surface area contributed by atoms with Crippen LogP contribution in [0.5, 0.6) is 0 Å². The van der Waals surface area contributed by atoms with E-state index in [0.717, 1.165) is 55.6 Å². The van der Waals surface area contributed by atoms with Gasteiger partial charge >= 0.3 is 0 Å². The summed E-state index contributed by atoms with van der Waals surface area (Å²) in [7, 11) is 0. The van der Waals surface area contributed by atoms with E-state index in [1.54, 1.807) is 0 Å². The molecule has 2 N–H and O–H groups in total. The normalized spacial score (nSPS) is 16.4. The summed E-state index contributed by atoms with van der Waals surface area (Å²) in [5, 5.41) is 7.14. The first-order valence-corrected chi connectivity index (χ1v) is 10.5. The van der Waals surface area contributed by atoms with Crippen LogP contribution in [0.4, 0.5) is 0 Å². The van der Waals surface area contributed by atoms with Crippen molar-refractivity contribution < 1.29 is 0 Å². The number of nitrogens with zero attached hydrogens (tertiary/aromatic N) is 4. The summed E-state index contributed by atoms with van der Waals surface area (Å²) in [6.45, 7) is 1.80. The van der Waals surface area contributed by atoms with Gasteiger partial charge in [-0.3, -0.25) is 15.0 Å². The van der Waals surface area contributed by atoms with Crippen molar-refractivity contribution in [3.63, 3.8) is 0 Å². The first kappa shape index (κ1) is 18.1. The lowest BCUT2D eigenvalue weighted by Gasteiger charge is -2.34. The maximum Gasteiger partial charge on any atom is 0.121 e. The number of fused-ring (bicyclic) bond motifs is 2. The van der Waals surface area contributed by atoms with Crippen molar-refractivity contribution in [3.8, 4) is 0 Å². The highest BCUT2D eigenvalue weighted by atomic mass is 15.2. The van der Waals surface area contributed by atoms with Gasteiger partial charge in [-0.1, -0.05) is 18.2 Å². The molecule has 5 rings (SSSR count). The summed E-state index contributed by atoms with van der Waals surface area (Å²) in [6, 6.07) is 14.9. The average molecular weight is 387 g/mol. The first-order chi connectivity index (χ1) is 14.4. The summed E-state index contributed by atoms with van der Waals surface area (Å²) < 4.78 is 0. The van der Waals surface area contributed by atoms with Crippen LogP contribution in [0.3, 0.4) is 0 Å². The van der Waals surface area contributed by atoms with Gasteiger partial charge < -0.3 is 4.98 Å². The number of hydrogen-bond donors (Lipinski definition) is 2. The van der Waals surface area contributed by atoms with Gasteiger partial charge in [-0.05, 0) is 68.5 Å². The van der Waals surface area contributed by atoms with Crippen LogP contribution in [0.1, 0.15) is 48.1 Å². The van der Waals surface area contributed by atoms with Gasteiger partial charge in [-0.15, -0.1) is 0 Å². The summed E-state index contributed by atoms with van der Waals surface area (Å²) in [6.07, 6.45) is 9.31. The van der Waals surface area contributed by atoms with E-state index < -0.39 is 0 Å². The molecule has 0 saturated carbocycles. The van der Waals surface area contributed by atoms with Gasteiger partial charge in [0.25, 0.3) is 0 Å². The Kier molecular flexibility index (Phi) is 5.09.